The number of rotatable bonds is 2. The monoisotopic (exact) mass is 255 g/mol. The van der Waals surface area contributed by atoms with E-state index in [1.165, 1.54) is 0 Å². The third-order valence-electron chi connectivity index (χ3n) is 2.53. The minimum Gasteiger partial charge on any atom is -0.323 e. The molecule has 0 spiro atoms. The first-order chi connectivity index (χ1) is 7.71. The van der Waals surface area contributed by atoms with Crippen molar-refractivity contribution in [3.05, 3.63) is 23.0 Å². The quantitative estimate of drug-likeness (QED) is 0.797. The molecule has 1 aromatic rings. The number of carbonyl (C=O) groups excluding carboxylic acids is 1. The van der Waals surface area contributed by atoms with Gasteiger partial charge in [-0.3, -0.25) is 4.79 Å². The van der Waals surface area contributed by atoms with Gasteiger partial charge in [-0.15, -0.1) is 0 Å². The highest BCUT2D eigenvalue weighted by atomic mass is 35.5. The predicted molar refractivity (Wildman–Crippen MR) is 70.0 cm³/mol. The Morgan fingerprint density at radius 2 is 2.06 bits per heavy atom. The van der Waals surface area contributed by atoms with E-state index in [0.29, 0.717) is 16.5 Å². The second-order valence-corrected chi connectivity index (χ2v) is 5.49. The Kier molecular flexibility index (Phi) is 4.11. The molecule has 3 N–H and O–H groups in total. The van der Waals surface area contributed by atoms with Crippen LogP contribution in [0, 0.1) is 12.3 Å². The van der Waals surface area contributed by atoms with Crippen LogP contribution in [0.15, 0.2) is 12.1 Å². The van der Waals surface area contributed by atoms with Crippen molar-refractivity contribution in [2.24, 2.45) is 11.1 Å². The fourth-order valence-electron chi connectivity index (χ4n) is 1.27. The summed E-state index contributed by atoms with van der Waals surface area (Å²) in [6.45, 7) is 7.54. The average Bonchev–Trinajstić information content (AvgIpc) is 2.19. The fraction of sp³-hybridized carbons (Fsp3) is 0.500. The van der Waals surface area contributed by atoms with Gasteiger partial charge in [0.25, 0.3) is 0 Å². The lowest BCUT2D eigenvalue weighted by Crippen LogP contribution is -2.45. The van der Waals surface area contributed by atoms with Crippen LogP contribution in [0.1, 0.15) is 26.5 Å². The maximum absolute atomic E-state index is 11.9. The first-order valence-electron chi connectivity index (χ1n) is 5.41. The molecule has 0 bridgehead atoms. The highest BCUT2D eigenvalue weighted by molar-refractivity contribution is 6.29. The van der Waals surface area contributed by atoms with E-state index in [0.717, 1.165) is 0 Å². The molecule has 0 saturated carbocycles. The van der Waals surface area contributed by atoms with Crippen molar-refractivity contribution in [2.45, 2.75) is 33.7 Å². The third kappa shape index (κ3) is 3.68. The number of aryl methyl sites for hydroxylation is 1. The minimum absolute atomic E-state index is 0.218. The van der Waals surface area contributed by atoms with Crippen LogP contribution in [-0.2, 0) is 4.79 Å². The molecule has 1 amide bonds. The van der Waals surface area contributed by atoms with Gasteiger partial charge in [-0.1, -0.05) is 32.4 Å². The molecule has 0 unspecified atom stereocenters. The number of pyridine rings is 1. The first kappa shape index (κ1) is 13.9. The number of carbonyl (C=O) groups is 1. The lowest BCUT2D eigenvalue weighted by molar-refractivity contribution is -0.119. The van der Waals surface area contributed by atoms with E-state index in [-0.39, 0.29) is 11.3 Å². The van der Waals surface area contributed by atoms with Crippen molar-refractivity contribution in [2.75, 3.05) is 5.32 Å². The molecule has 0 aliphatic rings. The Morgan fingerprint density at radius 3 is 2.53 bits per heavy atom. The van der Waals surface area contributed by atoms with Gasteiger partial charge in [0.1, 0.15) is 5.15 Å². The summed E-state index contributed by atoms with van der Waals surface area (Å²) in [5, 5.41) is 3.16. The molecular weight excluding hydrogens is 238 g/mol. The van der Waals surface area contributed by atoms with E-state index in [9.17, 15) is 4.79 Å². The molecule has 1 atom stereocenters. The summed E-state index contributed by atoms with van der Waals surface area (Å²) < 4.78 is 0. The number of nitrogens with zero attached hydrogens (tertiary/aromatic N) is 1. The van der Waals surface area contributed by atoms with Gasteiger partial charge in [0.05, 0.1) is 17.4 Å². The van der Waals surface area contributed by atoms with E-state index >= 15 is 0 Å². The van der Waals surface area contributed by atoms with Crippen molar-refractivity contribution >= 4 is 23.2 Å². The Labute approximate surface area is 107 Å². The maximum Gasteiger partial charge on any atom is 0.241 e. The van der Waals surface area contributed by atoms with E-state index in [2.05, 4.69) is 10.3 Å². The zero-order chi connectivity index (χ0) is 13.2. The molecule has 0 fully saturated rings. The molecule has 17 heavy (non-hydrogen) atoms. The Hall–Kier alpha value is -1.13. The smallest absolute Gasteiger partial charge is 0.241 e. The van der Waals surface area contributed by atoms with Crippen molar-refractivity contribution in [1.82, 2.24) is 4.98 Å². The van der Waals surface area contributed by atoms with Crippen LogP contribution < -0.4 is 11.1 Å². The molecule has 0 aliphatic heterocycles. The standard InChI is InChI=1S/C12H18ClN3O/c1-7-8(5-6-9(13)15-7)16-11(17)10(14)12(2,3)4/h5-6,10H,14H2,1-4H3,(H,16,17)/t10-/m1/s1. The minimum atomic E-state index is -0.572. The molecular formula is C12H18ClN3O. The zero-order valence-electron chi connectivity index (χ0n) is 10.5. The van der Waals surface area contributed by atoms with Crippen LogP contribution in [0.5, 0.6) is 0 Å². The number of amides is 1. The number of nitrogens with one attached hydrogen (secondary N) is 1. The second-order valence-electron chi connectivity index (χ2n) is 5.10. The summed E-state index contributed by atoms with van der Waals surface area (Å²) in [5.74, 6) is -0.218. The fourth-order valence-corrected chi connectivity index (χ4v) is 1.46. The third-order valence-corrected chi connectivity index (χ3v) is 2.74. The summed E-state index contributed by atoms with van der Waals surface area (Å²) >= 11 is 5.74. The molecule has 4 nitrogen and oxygen atoms in total. The number of hydrogen-bond donors (Lipinski definition) is 2. The van der Waals surface area contributed by atoms with Crippen LogP contribution in [-0.4, -0.2) is 16.9 Å². The van der Waals surface area contributed by atoms with Gasteiger partial charge in [-0.05, 0) is 24.5 Å². The number of hydrogen-bond acceptors (Lipinski definition) is 3. The molecule has 1 heterocycles. The second kappa shape index (κ2) is 5.02. The van der Waals surface area contributed by atoms with E-state index in [1.54, 1.807) is 19.1 Å². The Morgan fingerprint density at radius 1 is 1.47 bits per heavy atom. The van der Waals surface area contributed by atoms with Gasteiger partial charge in [0.2, 0.25) is 5.91 Å². The van der Waals surface area contributed by atoms with Gasteiger partial charge < -0.3 is 11.1 Å². The van der Waals surface area contributed by atoms with Crippen LogP contribution in [0.4, 0.5) is 5.69 Å². The molecule has 0 aromatic carbocycles. The molecule has 0 aliphatic carbocycles. The lowest BCUT2D eigenvalue weighted by Gasteiger charge is -2.26. The zero-order valence-corrected chi connectivity index (χ0v) is 11.3. The summed E-state index contributed by atoms with van der Waals surface area (Å²) in [7, 11) is 0. The van der Waals surface area contributed by atoms with Crippen molar-refractivity contribution in [3.63, 3.8) is 0 Å². The van der Waals surface area contributed by atoms with E-state index < -0.39 is 6.04 Å². The lowest BCUT2D eigenvalue weighted by atomic mass is 9.87. The largest absolute Gasteiger partial charge is 0.323 e. The number of nitrogens with two attached hydrogens (primary N) is 1. The maximum atomic E-state index is 11.9. The predicted octanol–water partition coefficient (Wildman–Crippen LogP) is 2.36. The highest BCUT2D eigenvalue weighted by Gasteiger charge is 2.27. The topological polar surface area (TPSA) is 68.0 Å². The summed E-state index contributed by atoms with van der Waals surface area (Å²) in [4.78, 5) is 16.0. The van der Waals surface area contributed by atoms with Gasteiger partial charge in [-0.25, -0.2) is 4.98 Å². The van der Waals surface area contributed by atoms with Crippen LogP contribution >= 0.6 is 11.6 Å². The summed E-state index contributed by atoms with van der Waals surface area (Å²) in [6.07, 6.45) is 0. The highest BCUT2D eigenvalue weighted by Crippen LogP contribution is 2.20. The molecule has 0 radical (unpaired) electrons. The van der Waals surface area contributed by atoms with Gasteiger partial charge >= 0.3 is 0 Å². The molecule has 0 saturated heterocycles. The van der Waals surface area contributed by atoms with E-state index in [4.69, 9.17) is 17.3 Å². The van der Waals surface area contributed by atoms with Gasteiger partial charge in [0, 0.05) is 0 Å². The van der Waals surface area contributed by atoms with E-state index in [1.807, 2.05) is 20.8 Å². The normalized spacial score (nSPS) is 13.3. The van der Waals surface area contributed by atoms with Crippen molar-refractivity contribution in [1.29, 1.82) is 0 Å². The first-order valence-corrected chi connectivity index (χ1v) is 5.79. The molecule has 5 heteroatoms. The molecule has 1 aromatic heterocycles. The SMILES string of the molecule is Cc1nc(Cl)ccc1NC(=O)[C@@H](N)C(C)(C)C. The van der Waals surface area contributed by atoms with Gasteiger partial charge in [-0.2, -0.15) is 0 Å². The number of halogens is 1. The van der Waals surface area contributed by atoms with Crippen molar-refractivity contribution in [3.8, 4) is 0 Å². The summed E-state index contributed by atoms with van der Waals surface area (Å²) in [5.41, 5.74) is 6.89. The number of anilines is 1. The number of aromatic nitrogens is 1. The Bertz CT molecular complexity index is 426. The van der Waals surface area contributed by atoms with Crippen LogP contribution in [0.2, 0.25) is 5.15 Å². The van der Waals surface area contributed by atoms with Crippen molar-refractivity contribution < 1.29 is 4.79 Å². The Balaban J connectivity index is 2.82. The van der Waals surface area contributed by atoms with Crippen LogP contribution in [0.25, 0.3) is 0 Å². The molecule has 1 rings (SSSR count). The summed E-state index contributed by atoms with van der Waals surface area (Å²) in [6, 6.07) is 2.78. The van der Waals surface area contributed by atoms with Crippen LogP contribution in [0.3, 0.4) is 0 Å². The molecule has 94 valence electrons. The average molecular weight is 256 g/mol. The van der Waals surface area contributed by atoms with Gasteiger partial charge in [0.15, 0.2) is 0 Å².